The summed E-state index contributed by atoms with van der Waals surface area (Å²) in [6.07, 6.45) is 0. The molecule has 0 aromatic heterocycles. The predicted octanol–water partition coefficient (Wildman–Crippen LogP) is 0.756. The Hall–Kier alpha value is 1.91. The van der Waals surface area contributed by atoms with Gasteiger partial charge >= 0.3 is 0 Å². The van der Waals surface area contributed by atoms with Crippen LogP contribution < -0.4 is 0 Å². The molecule has 4 heteroatoms. The Morgan fingerprint density at radius 1 is 1.00 bits per heavy atom. The van der Waals surface area contributed by atoms with Crippen molar-refractivity contribution in [2.75, 3.05) is 0 Å². The number of hydrogen-bond donors (Lipinski definition) is 2. The molecule has 0 heterocycles. The van der Waals surface area contributed by atoms with Crippen LogP contribution in [0.15, 0.2) is 0 Å². The summed E-state index contributed by atoms with van der Waals surface area (Å²) in [6.45, 7) is 0. The van der Waals surface area contributed by atoms with E-state index in [0.717, 1.165) is 0 Å². The Morgan fingerprint density at radius 3 is 1.00 bits per heavy atom. The fourth-order valence-electron chi connectivity index (χ4n) is 0. The molecule has 0 aliphatic rings. The minimum absolute atomic E-state index is 0. The zero-order valence-electron chi connectivity index (χ0n) is 1.60. The minimum Gasteiger partial charge on any atom is -0.115 e. The van der Waals surface area contributed by atoms with Crippen molar-refractivity contribution < 1.29 is 38.1 Å². The molecule has 0 unspecified atom stereocenters. The smallest absolute Gasteiger partial charge is 0 e. The van der Waals surface area contributed by atoms with Gasteiger partial charge in [0.25, 0.3) is 0 Å². The Kier molecular flexibility index (Phi) is 86.6. The molecule has 0 bridgehead atoms. The fraction of sp³-hybridized carbons (Fsp3) is 0. The number of hydrogen-bond acceptors (Lipinski definition) is 2. The molecule has 0 amide bonds. The molecular weight excluding hydrogens is 312 g/mol. The van der Waals surface area contributed by atoms with E-state index in [0.29, 0.717) is 0 Å². The van der Waals surface area contributed by atoms with Gasteiger partial charge in [-0.15, -0.1) is 23.3 Å². The maximum Gasteiger partial charge on any atom is 0 e. The first-order valence-electron chi connectivity index (χ1n) is 0.200. The normalized spacial score (nSPS) is 1.50. The molecule has 0 rings (SSSR count). The summed E-state index contributed by atoms with van der Waals surface area (Å²) in [6, 6.07) is 0. The molecule has 4 heavy (non-hydrogen) atoms. The van der Waals surface area contributed by atoms with E-state index in [-0.39, 0.29) is 38.1 Å². The van der Waals surface area contributed by atoms with E-state index in [1.807, 2.05) is 0 Å². The largest absolute Gasteiger partial charge is 0.115 e. The summed E-state index contributed by atoms with van der Waals surface area (Å²) < 4.78 is 0. The van der Waals surface area contributed by atoms with Crippen LogP contribution >= 0.6 is 23.3 Å². The van der Waals surface area contributed by atoms with Gasteiger partial charge in [0.1, 0.15) is 0 Å². The van der Waals surface area contributed by atoms with Crippen LogP contribution in [-0.2, 0) is 38.1 Å². The van der Waals surface area contributed by atoms with Gasteiger partial charge in [0.2, 0.25) is 0 Å². The Morgan fingerprint density at radius 2 is 1.00 bits per heavy atom. The average Bonchev–Trinajstić information content (AvgIpc) is 1.00. The summed E-state index contributed by atoms with van der Waals surface area (Å²) in [5.41, 5.74) is 0. The van der Waals surface area contributed by atoms with Gasteiger partial charge in [0.05, 0.1) is 0 Å². The number of rotatable bonds is 0. The van der Waals surface area contributed by atoms with Gasteiger partial charge in [-0.3, -0.25) is 0 Å². The quantitative estimate of drug-likeness (QED) is 0.368. The molecule has 0 spiro atoms. The summed E-state index contributed by atoms with van der Waals surface area (Å²) in [5, 5.41) is 0. The molecule has 1 radical (unpaired) electrons. The van der Waals surface area contributed by atoms with Crippen LogP contribution in [0, 0.1) is 0 Å². The summed E-state index contributed by atoms with van der Waals surface area (Å²) >= 11 is 6.44. The minimum atomic E-state index is 0. The van der Waals surface area contributed by atoms with Gasteiger partial charge < -0.3 is 0 Å². The molecule has 0 nitrogen and oxygen atoms in total. The third-order valence-corrected chi connectivity index (χ3v) is 0. The van der Waals surface area contributed by atoms with Crippen LogP contribution in [0.4, 0.5) is 0 Å². The predicted molar refractivity (Wildman–Crippen MR) is 18.0 cm³/mol. The van der Waals surface area contributed by atoms with E-state index < -0.39 is 0 Å². The van der Waals surface area contributed by atoms with Gasteiger partial charge in [-0.2, -0.15) is 0 Å². The van der Waals surface area contributed by atoms with E-state index >= 15 is 0 Å². The first-order valence-corrected chi connectivity index (χ1v) is 1.80. The SMILES string of the molecule is SS.[Cu].[W]. The third-order valence-electron chi connectivity index (χ3n) is 0. The molecule has 0 N–H and O–H groups in total. The molecule has 0 fully saturated rings. The average molecular weight is 314 g/mol. The molecule has 0 saturated carbocycles. The van der Waals surface area contributed by atoms with Gasteiger partial charge in [-0.05, 0) is 0 Å². The van der Waals surface area contributed by atoms with Crippen LogP contribution in [0.5, 0.6) is 0 Å². The summed E-state index contributed by atoms with van der Waals surface area (Å²) in [5.74, 6) is 0. The molecule has 31 valence electrons. The van der Waals surface area contributed by atoms with E-state index in [4.69, 9.17) is 0 Å². The molecule has 0 aromatic rings. The van der Waals surface area contributed by atoms with Crippen LogP contribution in [0.1, 0.15) is 0 Å². The van der Waals surface area contributed by atoms with Crippen molar-refractivity contribution in [1.82, 2.24) is 0 Å². The van der Waals surface area contributed by atoms with Gasteiger partial charge in [-0.25, -0.2) is 0 Å². The molecule has 0 saturated heterocycles. The zero-order valence-corrected chi connectivity index (χ0v) is 7.27. The monoisotopic (exact) mass is 313 g/mol. The van der Waals surface area contributed by atoms with Crippen LogP contribution in [0.2, 0.25) is 0 Å². The molecular formula is H2CuS2W. The topological polar surface area (TPSA) is 0 Å². The van der Waals surface area contributed by atoms with Crippen molar-refractivity contribution in [3.05, 3.63) is 0 Å². The Balaban J connectivity index is -0.00000000500. The van der Waals surface area contributed by atoms with Crippen molar-refractivity contribution in [3.63, 3.8) is 0 Å². The van der Waals surface area contributed by atoms with E-state index in [2.05, 4.69) is 23.3 Å². The third kappa shape index (κ3) is 9.08. The maximum atomic E-state index is 3.22. The van der Waals surface area contributed by atoms with Gasteiger partial charge in [-0.1, -0.05) is 0 Å². The second-order valence-electron chi connectivity index (χ2n) is 0. The standard InChI is InChI=1S/Cu.H2S2.W/c;1-2;/h;1-2H;. The second kappa shape index (κ2) is 20.6. The van der Waals surface area contributed by atoms with Crippen molar-refractivity contribution in [2.45, 2.75) is 0 Å². The van der Waals surface area contributed by atoms with Crippen LogP contribution in [0.3, 0.4) is 0 Å². The van der Waals surface area contributed by atoms with Crippen LogP contribution in [-0.4, -0.2) is 0 Å². The zero-order chi connectivity index (χ0) is 2.00. The Labute approximate surface area is 61.1 Å². The van der Waals surface area contributed by atoms with Crippen molar-refractivity contribution in [2.24, 2.45) is 0 Å². The number of thiol groups is 2. The van der Waals surface area contributed by atoms with Gasteiger partial charge in [0.15, 0.2) is 0 Å². The molecule has 0 atom stereocenters. The summed E-state index contributed by atoms with van der Waals surface area (Å²) in [7, 11) is 0. The second-order valence-corrected chi connectivity index (χ2v) is 0. The molecule has 0 aromatic carbocycles. The maximum absolute atomic E-state index is 3.22. The van der Waals surface area contributed by atoms with Crippen molar-refractivity contribution in [1.29, 1.82) is 0 Å². The van der Waals surface area contributed by atoms with Crippen molar-refractivity contribution >= 4 is 23.3 Å². The fourth-order valence-corrected chi connectivity index (χ4v) is 0. The summed E-state index contributed by atoms with van der Waals surface area (Å²) in [4.78, 5) is 0. The Bertz CT molecular complexity index is 6.00. The first-order chi connectivity index (χ1) is 1.00. The molecule has 0 aliphatic carbocycles. The van der Waals surface area contributed by atoms with Gasteiger partial charge in [0, 0.05) is 38.1 Å². The van der Waals surface area contributed by atoms with Crippen LogP contribution in [0.25, 0.3) is 0 Å². The van der Waals surface area contributed by atoms with E-state index in [1.54, 1.807) is 0 Å². The first kappa shape index (κ1) is 16.8. The van der Waals surface area contributed by atoms with E-state index in [9.17, 15) is 0 Å². The molecule has 0 aliphatic heterocycles. The van der Waals surface area contributed by atoms with Crippen molar-refractivity contribution in [3.8, 4) is 0 Å². The van der Waals surface area contributed by atoms with E-state index in [1.165, 1.54) is 0 Å².